The predicted octanol–water partition coefficient (Wildman–Crippen LogP) is 1.99. The molecule has 6 nitrogen and oxygen atoms in total. The molecule has 110 valence electrons. The Labute approximate surface area is 130 Å². The summed E-state index contributed by atoms with van der Waals surface area (Å²) in [5, 5.41) is 9.46. The van der Waals surface area contributed by atoms with Gasteiger partial charge in [-0.15, -0.1) is 5.10 Å². The van der Waals surface area contributed by atoms with Crippen molar-refractivity contribution in [2.24, 2.45) is 0 Å². The summed E-state index contributed by atoms with van der Waals surface area (Å²) in [6, 6.07) is 4.01. The number of aryl methyl sites for hydroxylation is 1. The lowest BCUT2D eigenvalue weighted by Gasteiger charge is -2.09. The lowest BCUT2D eigenvalue weighted by atomic mass is 10.1. The molecule has 3 rings (SSSR count). The molecule has 0 saturated carbocycles. The number of aromatic amines is 1. The summed E-state index contributed by atoms with van der Waals surface area (Å²) in [5.74, 6) is 1.45. The van der Waals surface area contributed by atoms with Crippen molar-refractivity contribution in [1.82, 2.24) is 20.5 Å². The van der Waals surface area contributed by atoms with Crippen LogP contribution >= 0.6 is 15.9 Å². The molecule has 2 aromatic rings. The van der Waals surface area contributed by atoms with Crippen LogP contribution in [0.5, 0.6) is 5.75 Å². The van der Waals surface area contributed by atoms with Gasteiger partial charge in [-0.2, -0.15) is 0 Å². The second kappa shape index (κ2) is 5.85. The minimum atomic E-state index is -0.294. The molecule has 0 fully saturated rings. The summed E-state index contributed by atoms with van der Waals surface area (Å²) >= 11 is 3.48. The minimum Gasteiger partial charge on any atom is -0.493 e. The Morgan fingerprint density at radius 3 is 3.14 bits per heavy atom. The normalized spacial score (nSPS) is 12.9. The van der Waals surface area contributed by atoms with Crippen molar-refractivity contribution in [2.45, 2.75) is 26.3 Å². The molecule has 0 bridgehead atoms. The molecule has 0 radical (unpaired) electrons. The number of hydrogen-bond acceptors (Lipinski definition) is 4. The maximum atomic E-state index is 12.0. The zero-order valence-corrected chi connectivity index (χ0v) is 13.2. The molecule has 0 unspecified atom stereocenters. The van der Waals surface area contributed by atoms with E-state index in [9.17, 15) is 4.79 Å². The van der Waals surface area contributed by atoms with Crippen LogP contribution in [0.1, 0.15) is 34.5 Å². The van der Waals surface area contributed by atoms with E-state index in [1.165, 1.54) is 5.56 Å². The number of carbonyl (C=O) groups excluding carboxylic acids is 1. The van der Waals surface area contributed by atoms with Crippen LogP contribution < -0.4 is 10.1 Å². The average Bonchev–Trinajstić information content (AvgIpc) is 3.12. The van der Waals surface area contributed by atoms with Crippen molar-refractivity contribution < 1.29 is 9.53 Å². The molecule has 1 aromatic carbocycles. The third-order valence-electron chi connectivity index (χ3n) is 3.33. The SMILES string of the molecule is CCc1nc(C(=O)NCc2cc(Br)cc3c2OCC3)n[nH]1. The van der Waals surface area contributed by atoms with Gasteiger partial charge in [-0.3, -0.25) is 9.89 Å². The Morgan fingerprint density at radius 1 is 1.52 bits per heavy atom. The third kappa shape index (κ3) is 2.92. The number of carbonyl (C=O) groups is 1. The molecule has 21 heavy (non-hydrogen) atoms. The molecule has 1 amide bonds. The van der Waals surface area contributed by atoms with Crippen molar-refractivity contribution in [2.75, 3.05) is 6.61 Å². The fourth-order valence-corrected chi connectivity index (χ4v) is 2.84. The average molecular weight is 351 g/mol. The van der Waals surface area contributed by atoms with Crippen molar-refractivity contribution in [3.05, 3.63) is 39.4 Å². The number of nitrogens with one attached hydrogen (secondary N) is 2. The van der Waals surface area contributed by atoms with Gasteiger partial charge in [-0.1, -0.05) is 22.9 Å². The molecule has 2 heterocycles. The third-order valence-corrected chi connectivity index (χ3v) is 3.79. The van der Waals surface area contributed by atoms with E-state index in [0.29, 0.717) is 25.4 Å². The molecular formula is C14H15BrN4O2. The van der Waals surface area contributed by atoms with Crippen LogP contribution in [0.2, 0.25) is 0 Å². The standard InChI is InChI=1S/C14H15BrN4O2/c1-2-11-17-13(19-18-11)14(20)16-7-9-6-10(15)5-8-3-4-21-12(8)9/h5-6H,2-4,7H2,1H3,(H,16,20)(H,17,18,19). The quantitative estimate of drug-likeness (QED) is 0.883. The first-order valence-electron chi connectivity index (χ1n) is 6.81. The number of H-pyrrole nitrogens is 1. The van der Waals surface area contributed by atoms with Crippen LogP contribution in [0.25, 0.3) is 0 Å². The first-order chi connectivity index (χ1) is 10.2. The zero-order chi connectivity index (χ0) is 14.8. The molecule has 0 aliphatic carbocycles. The van der Waals surface area contributed by atoms with Gasteiger partial charge in [0.15, 0.2) is 0 Å². The highest BCUT2D eigenvalue weighted by Gasteiger charge is 2.19. The van der Waals surface area contributed by atoms with Crippen LogP contribution in [0, 0.1) is 0 Å². The Kier molecular flexibility index (Phi) is 3.92. The van der Waals surface area contributed by atoms with E-state index in [2.05, 4.69) is 42.5 Å². The molecule has 0 spiro atoms. The van der Waals surface area contributed by atoms with E-state index < -0.39 is 0 Å². The number of ether oxygens (including phenoxy) is 1. The van der Waals surface area contributed by atoms with Crippen molar-refractivity contribution in [1.29, 1.82) is 0 Å². The van der Waals surface area contributed by atoms with Gasteiger partial charge in [0.05, 0.1) is 6.61 Å². The highest BCUT2D eigenvalue weighted by molar-refractivity contribution is 9.10. The van der Waals surface area contributed by atoms with Crippen molar-refractivity contribution >= 4 is 21.8 Å². The van der Waals surface area contributed by atoms with Gasteiger partial charge in [-0.05, 0) is 17.7 Å². The summed E-state index contributed by atoms with van der Waals surface area (Å²) < 4.78 is 6.62. The highest BCUT2D eigenvalue weighted by Crippen LogP contribution is 2.32. The minimum absolute atomic E-state index is 0.166. The van der Waals surface area contributed by atoms with E-state index in [-0.39, 0.29) is 11.7 Å². The fraction of sp³-hybridized carbons (Fsp3) is 0.357. The molecule has 1 aliphatic rings. The number of benzene rings is 1. The Hall–Kier alpha value is -1.89. The lowest BCUT2D eigenvalue weighted by Crippen LogP contribution is -2.24. The number of nitrogens with zero attached hydrogens (tertiary/aromatic N) is 2. The summed E-state index contributed by atoms with van der Waals surface area (Å²) in [4.78, 5) is 16.1. The number of aromatic nitrogens is 3. The topological polar surface area (TPSA) is 79.9 Å². The van der Waals surface area contributed by atoms with Crippen LogP contribution in [0.4, 0.5) is 0 Å². The van der Waals surface area contributed by atoms with Gasteiger partial charge >= 0.3 is 0 Å². The van der Waals surface area contributed by atoms with Crippen LogP contribution in [-0.4, -0.2) is 27.7 Å². The van der Waals surface area contributed by atoms with Gasteiger partial charge in [0, 0.05) is 29.4 Å². The first kappa shape index (κ1) is 14.1. The Bertz CT molecular complexity index is 684. The van der Waals surface area contributed by atoms with Crippen LogP contribution in [-0.2, 0) is 19.4 Å². The van der Waals surface area contributed by atoms with Gasteiger partial charge in [0.1, 0.15) is 11.6 Å². The van der Waals surface area contributed by atoms with Gasteiger partial charge in [-0.25, -0.2) is 4.98 Å². The maximum Gasteiger partial charge on any atom is 0.291 e. The molecule has 0 atom stereocenters. The first-order valence-corrected chi connectivity index (χ1v) is 7.60. The summed E-state index contributed by atoms with van der Waals surface area (Å²) in [6.45, 7) is 3.02. The number of halogens is 1. The van der Waals surface area contributed by atoms with Gasteiger partial charge < -0.3 is 10.1 Å². The Balaban J connectivity index is 1.72. The smallest absolute Gasteiger partial charge is 0.291 e. The largest absolute Gasteiger partial charge is 0.493 e. The molecule has 0 saturated heterocycles. The number of hydrogen-bond donors (Lipinski definition) is 2. The monoisotopic (exact) mass is 350 g/mol. The Morgan fingerprint density at radius 2 is 2.38 bits per heavy atom. The molecule has 1 aliphatic heterocycles. The van der Waals surface area contributed by atoms with Crippen molar-refractivity contribution in [3.8, 4) is 5.75 Å². The van der Waals surface area contributed by atoms with Gasteiger partial charge in [0.2, 0.25) is 5.82 Å². The van der Waals surface area contributed by atoms with E-state index in [0.717, 1.165) is 22.2 Å². The zero-order valence-electron chi connectivity index (χ0n) is 11.6. The lowest BCUT2D eigenvalue weighted by molar-refractivity contribution is 0.0940. The molecular weight excluding hydrogens is 336 g/mol. The van der Waals surface area contributed by atoms with Crippen molar-refractivity contribution in [3.63, 3.8) is 0 Å². The van der Waals surface area contributed by atoms with E-state index in [4.69, 9.17) is 4.74 Å². The van der Waals surface area contributed by atoms with E-state index in [1.54, 1.807) is 0 Å². The fourth-order valence-electron chi connectivity index (χ4n) is 2.29. The van der Waals surface area contributed by atoms with Crippen LogP contribution in [0.15, 0.2) is 16.6 Å². The summed E-state index contributed by atoms with van der Waals surface area (Å²) in [7, 11) is 0. The number of amides is 1. The second-order valence-corrected chi connectivity index (χ2v) is 5.71. The predicted molar refractivity (Wildman–Crippen MR) is 80.3 cm³/mol. The number of rotatable bonds is 4. The summed E-state index contributed by atoms with van der Waals surface area (Å²) in [5.41, 5.74) is 2.12. The van der Waals surface area contributed by atoms with E-state index >= 15 is 0 Å². The maximum absolute atomic E-state index is 12.0. The van der Waals surface area contributed by atoms with E-state index in [1.807, 2.05) is 13.0 Å². The van der Waals surface area contributed by atoms with Gasteiger partial charge in [0.25, 0.3) is 5.91 Å². The number of fused-ring (bicyclic) bond motifs is 1. The van der Waals surface area contributed by atoms with Crippen LogP contribution in [0.3, 0.4) is 0 Å². The highest BCUT2D eigenvalue weighted by atomic mass is 79.9. The summed E-state index contributed by atoms with van der Waals surface area (Å²) in [6.07, 6.45) is 1.61. The second-order valence-electron chi connectivity index (χ2n) is 4.79. The molecule has 2 N–H and O–H groups in total. The molecule has 7 heteroatoms. The molecule has 1 aromatic heterocycles.